The maximum absolute atomic E-state index is 13.2. The summed E-state index contributed by atoms with van der Waals surface area (Å²) in [6.07, 6.45) is 6.23. The van der Waals surface area contributed by atoms with Crippen molar-refractivity contribution in [3.05, 3.63) is 22.3 Å². The maximum Gasteiger partial charge on any atom is 0.245 e. The van der Waals surface area contributed by atoms with E-state index >= 15 is 0 Å². The number of amides is 2. The molecule has 1 saturated carbocycles. The second kappa shape index (κ2) is 9.67. The average molecular weight is 436 g/mol. The van der Waals surface area contributed by atoms with Gasteiger partial charge in [-0.2, -0.15) is 5.10 Å². The number of nitrogens with one attached hydrogen (secondary N) is 3. The minimum atomic E-state index is -0.841. The number of H-pyrrole nitrogens is 1. The fourth-order valence-corrected chi connectivity index (χ4v) is 4.81. The molecule has 1 unspecified atom stereocenters. The highest BCUT2D eigenvalue weighted by Gasteiger charge is 2.41. The first-order valence-corrected chi connectivity index (χ1v) is 11.6. The predicted octanol–water partition coefficient (Wildman–Crippen LogP) is 3.97. The third-order valence-corrected chi connectivity index (χ3v) is 6.69. The van der Waals surface area contributed by atoms with Crippen molar-refractivity contribution >= 4 is 35.4 Å². The number of rotatable bonds is 8. The molecule has 1 atom stereocenters. The van der Waals surface area contributed by atoms with Gasteiger partial charge in [0.25, 0.3) is 0 Å². The van der Waals surface area contributed by atoms with E-state index < -0.39 is 11.6 Å². The highest BCUT2D eigenvalue weighted by atomic mass is 32.1. The number of aromatic nitrogens is 3. The van der Waals surface area contributed by atoms with E-state index in [9.17, 15) is 9.59 Å². The van der Waals surface area contributed by atoms with Crippen LogP contribution in [0.5, 0.6) is 0 Å². The Balaban J connectivity index is 1.81. The zero-order chi connectivity index (χ0) is 20.9. The lowest BCUT2D eigenvalue weighted by atomic mass is 9.80. The van der Waals surface area contributed by atoms with E-state index in [1.165, 1.54) is 11.3 Å². The lowest BCUT2D eigenvalue weighted by Gasteiger charge is -2.37. The van der Waals surface area contributed by atoms with Crippen molar-refractivity contribution in [2.75, 3.05) is 6.54 Å². The highest BCUT2D eigenvalue weighted by Crippen LogP contribution is 2.30. The van der Waals surface area contributed by atoms with Crippen molar-refractivity contribution in [3.8, 4) is 10.7 Å². The van der Waals surface area contributed by atoms with Gasteiger partial charge in [0.05, 0.1) is 4.88 Å². The van der Waals surface area contributed by atoms with E-state index in [4.69, 9.17) is 12.2 Å². The topological polar surface area (TPSA) is 91.8 Å². The minimum absolute atomic E-state index is 0.0690. The molecular formula is C20H29N5O2S2. The number of thiophene rings is 1. The van der Waals surface area contributed by atoms with Gasteiger partial charge in [0.1, 0.15) is 11.6 Å². The smallest absolute Gasteiger partial charge is 0.245 e. The van der Waals surface area contributed by atoms with Gasteiger partial charge in [0.2, 0.25) is 11.8 Å². The molecular weight excluding hydrogens is 406 g/mol. The molecule has 2 heterocycles. The Morgan fingerprint density at radius 1 is 1.38 bits per heavy atom. The molecule has 0 aliphatic heterocycles. The summed E-state index contributed by atoms with van der Waals surface area (Å²) in [7, 11) is 0. The van der Waals surface area contributed by atoms with Crippen LogP contribution in [0.2, 0.25) is 0 Å². The summed E-state index contributed by atoms with van der Waals surface area (Å²) >= 11 is 6.93. The third kappa shape index (κ3) is 4.78. The summed E-state index contributed by atoms with van der Waals surface area (Å²) < 4.78 is 2.11. The zero-order valence-corrected chi connectivity index (χ0v) is 18.6. The summed E-state index contributed by atoms with van der Waals surface area (Å²) in [4.78, 5) is 27.1. The first-order chi connectivity index (χ1) is 14.0. The molecule has 0 radical (unpaired) electrons. The van der Waals surface area contributed by atoms with E-state index in [1.54, 1.807) is 11.5 Å². The molecule has 1 fully saturated rings. The van der Waals surface area contributed by atoms with E-state index in [2.05, 4.69) is 27.8 Å². The largest absolute Gasteiger partial charge is 0.354 e. The van der Waals surface area contributed by atoms with E-state index in [-0.39, 0.29) is 11.8 Å². The van der Waals surface area contributed by atoms with Crippen LogP contribution in [-0.2, 0) is 9.59 Å². The van der Waals surface area contributed by atoms with Crippen molar-refractivity contribution in [1.82, 2.24) is 25.4 Å². The Bertz CT molecular complexity index is 881. The number of carbonyl (C=O) groups is 2. The van der Waals surface area contributed by atoms with Gasteiger partial charge in [-0.3, -0.25) is 19.3 Å². The van der Waals surface area contributed by atoms with Crippen LogP contribution < -0.4 is 10.6 Å². The van der Waals surface area contributed by atoms with Crippen molar-refractivity contribution in [1.29, 1.82) is 0 Å². The van der Waals surface area contributed by atoms with E-state index in [0.717, 1.165) is 37.0 Å². The Morgan fingerprint density at radius 3 is 2.79 bits per heavy atom. The number of aromatic amines is 1. The normalized spacial score (nSPS) is 16.9. The van der Waals surface area contributed by atoms with Gasteiger partial charge in [-0.1, -0.05) is 38.7 Å². The molecule has 2 aromatic heterocycles. The molecule has 29 heavy (non-hydrogen) atoms. The molecule has 2 amide bonds. The lowest BCUT2D eigenvalue weighted by Crippen LogP contribution is -2.60. The van der Waals surface area contributed by atoms with Crippen LogP contribution in [0.4, 0.5) is 0 Å². The molecule has 0 bridgehead atoms. The Kier molecular flexibility index (Phi) is 7.23. The van der Waals surface area contributed by atoms with Crippen molar-refractivity contribution in [3.63, 3.8) is 0 Å². The second-order valence-corrected chi connectivity index (χ2v) is 8.95. The average Bonchev–Trinajstić information content (AvgIpc) is 3.37. The van der Waals surface area contributed by atoms with Crippen molar-refractivity contribution in [2.24, 2.45) is 0 Å². The van der Waals surface area contributed by atoms with Gasteiger partial charge in [-0.15, -0.1) is 11.3 Å². The lowest BCUT2D eigenvalue weighted by molar-refractivity contribution is -0.136. The Hall–Kier alpha value is -2.00. The van der Waals surface area contributed by atoms with E-state index in [1.807, 2.05) is 17.5 Å². The van der Waals surface area contributed by atoms with E-state index in [0.29, 0.717) is 30.0 Å². The van der Waals surface area contributed by atoms with Gasteiger partial charge < -0.3 is 10.6 Å². The number of hydrogen-bond donors (Lipinski definition) is 3. The van der Waals surface area contributed by atoms with Crippen LogP contribution >= 0.6 is 23.6 Å². The molecule has 2 aromatic rings. The minimum Gasteiger partial charge on any atom is -0.354 e. The van der Waals surface area contributed by atoms with Gasteiger partial charge in [-0.05, 0) is 49.9 Å². The Labute approximate surface area is 180 Å². The second-order valence-electron chi connectivity index (χ2n) is 7.62. The van der Waals surface area contributed by atoms with Crippen LogP contribution in [0.1, 0.15) is 64.8 Å². The fourth-order valence-electron chi connectivity index (χ4n) is 3.81. The molecule has 1 aliphatic carbocycles. The third-order valence-electron chi connectivity index (χ3n) is 5.53. The van der Waals surface area contributed by atoms with Gasteiger partial charge in [0, 0.05) is 6.54 Å². The fraction of sp³-hybridized carbons (Fsp3) is 0.600. The number of hydrogen-bond acceptors (Lipinski definition) is 5. The Morgan fingerprint density at radius 2 is 2.14 bits per heavy atom. The SMILES string of the molecule is CCCCNC(=O)C1(NC(=O)C(C)n2c(-c3cccs3)n[nH]c2=S)CCCCC1. The first-order valence-electron chi connectivity index (χ1n) is 10.3. The maximum atomic E-state index is 13.2. The molecule has 9 heteroatoms. The van der Waals surface area contributed by atoms with Crippen LogP contribution in [0.3, 0.4) is 0 Å². The number of unbranched alkanes of at least 4 members (excludes halogenated alkanes) is 1. The van der Waals surface area contributed by atoms with Gasteiger partial charge in [-0.25, -0.2) is 0 Å². The molecule has 3 rings (SSSR count). The van der Waals surface area contributed by atoms with Gasteiger partial charge >= 0.3 is 0 Å². The molecule has 158 valence electrons. The molecule has 1 aliphatic rings. The number of nitrogens with zero attached hydrogens (tertiary/aromatic N) is 2. The molecule has 3 N–H and O–H groups in total. The van der Waals surface area contributed by atoms with Crippen LogP contribution in [0.25, 0.3) is 10.7 Å². The zero-order valence-electron chi connectivity index (χ0n) is 17.0. The monoisotopic (exact) mass is 435 g/mol. The number of carbonyl (C=O) groups excluding carboxylic acids is 2. The standard InChI is InChI=1S/C20H29N5O2S2/c1-3-4-12-21-18(27)20(10-6-5-7-11-20)22-17(26)14(2)25-16(23-24-19(25)28)15-9-8-13-29-15/h8-9,13-14H,3-7,10-12H2,1-2H3,(H,21,27)(H,22,26)(H,24,28). The van der Waals surface area contributed by atoms with Crippen LogP contribution in [-0.4, -0.2) is 38.7 Å². The summed E-state index contributed by atoms with van der Waals surface area (Å²) in [6, 6.07) is 3.30. The predicted molar refractivity (Wildman–Crippen MR) is 117 cm³/mol. The van der Waals surface area contributed by atoms with Crippen molar-refractivity contribution in [2.45, 2.75) is 70.4 Å². The summed E-state index contributed by atoms with van der Waals surface area (Å²) in [5.74, 6) is 0.353. The quantitative estimate of drug-likeness (QED) is 0.432. The molecule has 0 aromatic carbocycles. The molecule has 0 spiro atoms. The van der Waals surface area contributed by atoms with Crippen LogP contribution in [0, 0.1) is 4.77 Å². The first kappa shape index (κ1) is 21.7. The summed E-state index contributed by atoms with van der Waals surface area (Å²) in [5, 5.41) is 15.2. The van der Waals surface area contributed by atoms with Crippen molar-refractivity contribution < 1.29 is 9.59 Å². The molecule has 7 nitrogen and oxygen atoms in total. The highest BCUT2D eigenvalue weighted by molar-refractivity contribution is 7.71. The summed E-state index contributed by atoms with van der Waals surface area (Å²) in [5.41, 5.74) is -0.841. The molecule has 0 saturated heterocycles. The van der Waals surface area contributed by atoms with Gasteiger partial charge in [0.15, 0.2) is 10.6 Å². The van der Waals surface area contributed by atoms with Crippen LogP contribution in [0.15, 0.2) is 17.5 Å². The summed E-state index contributed by atoms with van der Waals surface area (Å²) in [6.45, 7) is 4.52.